The molecule has 6 N–H and O–H groups in total. The fourth-order valence-corrected chi connectivity index (χ4v) is 9.61. The van der Waals surface area contributed by atoms with E-state index in [9.17, 15) is 28.8 Å². The van der Waals surface area contributed by atoms with Gasteiger partial charge in [-0.25, -0.2) is 0 Å². The van der Waals surface area contributed by atoms with E-state index >= 15 is 0 Å². The van der Waals surface area contributed by atoms with Crippen LogP contribution in [0.3, 0.4) is 0 Å². The summed E-state index contributed by atoms with van der Waals surface area (Å²) in [5.41, 5.74) is 25.9. The number of carbonyl (C=O) groups is 6. The third kappa shape index (κ3) is 10.5. The van der Waals surface area contributed by atoms with Gasteiger partial charge in [0.2, 0.25) is 5.91 Å². The molecule has 0 radical (unpaired) electrons. The number of aryl methyl sites for hydroxylation is 5. The zero-order valence-corrected chi connectivity index (χ0v) is 40.6. The number of fused-ring (bicyclic) bond motifs is 5. The molecule has 5 aliphatic rings. The average molecular weight is 905 g/mol. The average Bonchev–Trinajstić information content (AvgIpc) is 4.15. The first-order chi connectivity index (χ1) is 31.9. The number of Topliss-reactive ketones (excluding diaryl/α,β-unsaturated/α-hetero) is 4. The molecule has 0 spiro atoms. The molecule has 0 saturated carbocycles. The highest BCUT2D eigenvalue weighted by molar-refractivity contribution is 6.09. The van der Waals surface area contributed by atoms with Gasteiger partial charge in [-0.3, -0.25) is 28.8 Å². The molecule has 1 heterocycles. The van der Waals surface area contributed by atoms with Crippen LogP contribution in [0.1, 0.15) is 140 Å². The Balaban J connectivity index is 0.000000138. The summed E-state index contributed by atoms with van der Waals surface area (Å²) in [6, 6.07) is 19.7. The number of ketones is 4. The fraction of sp³-hybridized carbons (Fsp3) is 0.345. The molecule has 67 heavy (non-hydrogen) atoms. The van der Waals surface area contributed by atoms with E-state index in [1.54, 1.807) is 6.07 Å². The predicted molar refractivity (Wildman–Crippen MR) is 270 cm³/mol. The highest BCUT2D eigenvalue weighted by Gasteiger charge is 2.28. The fourth-order valence-electron chi connectivity index (χ4n) is 9.61. The number of benzene rings is 5. The summed E-state index contributed by atoms with van der Waals surface area (Å²) in [4.78, 5) is 70.7. The smallest absolute Gasteiger partial charge is 0.254 e. The maximum atomic E-state index is 11.7. The molecule has 1 aliphatic heterocycles. The molecule has 12 nitrogen and oxygen atoms in total. The number of nitrogens with one attached hydrogen (secondary N) is 4. The van der Waals surface area contributed by atoms with E-state index in [4.69, 9.17) is 5.73 Å². The quantitative estimate of drug-likeness (QED) is 0.109. The Morgan fingerprint density at radius 1 is 0.493 bits per heavy atom. The summed E-state index contributed by atoms with van der Waals surface area (Å²) in [7, 11) is 7.65. The van der Waals surface area contributed by atoms with Crippen LogP contribution in [0.4, 0.5) is 28.4 Å². The third-order valence-electron chi connectivity index (χ3n) is 13.3. The monoisotopic (exact) mass is 904 g/mol. The second kappa shape index (κ2) is 21.0. The van der Waals surface area contributed by atoms with Crippen molar-refractivity contribution in [3.8, 4) is 0 Å². The van der Waals surface area contributed by atoms with Gasteiger partial charge in [-0.2, -0.15) is 0 Å². The van der Waals surface area contributed by atoms with E-state index in [-0.39, 0.29) is 29.2 Å². The molecule has 350 valence electrons. The van der Waals surface area contributed by atoms with Crippen molar-refractivity contribution in [2.75, 3.05) is 54.8 Å². The van der Waals surface area contributed by atoms with E-state index in [1.807, 2.05) is 96.3 Å². The summed E-state index contributed by atoms with van der Waals surface area (Å²) in [5, 5.41) is 11.6. The van der Waals surface area contributed by atoms with Crippen molar-refractivity contribution in [2.45, 2.75) is 99.5 Å². The summed E-state index contributed by atoms with van der Waals surface area (Å²) < 4.78 is 0. The van der Waals surface area contributed by atoms with Crippen molar-refractivity contribution in [1.29, 1.82) is 0 Å². The molecule has 5 aromatic rings. The van der Waals surface area contributed by atoms with Crippen LogP contribution >= 0.6 is 0 Å². The third-order valence-corrected chi connectivity index (χ3v) is 13.3. The molecule has 0 unspecified atom stereocenters. The van der Waals surface area contributed by atoms with Gasteiger partial charge in [0, 0.05) is 112 Å². The van der Waals surface area contributed by atoms with Crippen LogP contribution in [-0.2, 0) is 37.0 Å². The van der Waals surface area contributed by atoms with Crippen LogP contribution in [0.25, 0.3) is 0 Å². The normalized spacial score (nSPS) is 14.3. The number of hydrogen-bond acceptors (Lipinski definition) is 10. The minimum Gasteiger partial charge on any atom is -0.398 e. The second-order valence-electron chi connectivity index (χ2n) is 17.9. The minimum absolute atomic E-state index is 0.0306. The van der Waals surface area contributed by atoms with Gasteiger partial charge in [0.1, 0.15) is 0 Å². The van der Waals surface area contributed by atoms with E-state index in [1.165, 1.54) is 40.3 Å². The summed E-state index contributed by atoms with van der Waals surface area (Å²) in [6.45, 7) is 12.3. The van der Waals surface area contributed by atoms with Gasteiger partial charge in [-0.05, 0) is 146 Å². The molecule has 2 amide bonds. The summed E-state index contributed by atoms with van der Waals surface area (Å²) in [5.74, 6) is 0.808. The minimum atomic E-state index is -0.138. The van der Waals surface area contributed by atoms with Crippen molar-refractivity contribution < 1.29 is 28.8 Å². The molecule has 5 aromatic carbocycles. The first-order valence-electron chi connectivity index (χ1n) is 23.0. The van der Waals surface area contributed by atoms with E-state index in [0.29, 0.717) is 54.9 Å². The van der Waals surface area contributed by atoms with Gasteiger partial charge in [0.15, 0.2) is 23.1 Å². The van der Waals surface area contributed by atoms with Gasteiger partial charge in [0.05, 0.1) is 11.3 Å². The Bertz CT molecular complexity index is 2750. The zero-order valence-electron chi connectivity index (χ0n) is 40.6. The topological polar surface area (TPSA) is 180 Å². The van der Waals surface area contributed by atoms with Crippen LogP contribution in [0.5, 0.6) is 0 Å². The van der Waals surface area contributed by atoms with E-state index in [0.717, 1.165) is 87.3 Å². The maximum absolute atomic E-state index is 11.7. The number of nitrogen functional groups attached to an aromatic ring is 1. The van der Waals surface area contributed by atoms with Crippen LogP contribution in [0, 0.1) is 34.6 Å². The van der Waals surface area contributed by atoms with Crippen molar-refractivity contribution in [3.05, 3.63) is 144 Å². The predicted octanol–water partition coefficient (Wildman–Crippen LogP) is 9.42. The molecule has 0 saturated heterocycles. The van der Waals surface area contributed by atoms with Crippen molar-refractivity contribution in [3.63, 3.8) is 0 Å². The van der Waals surface area contributed by atoms with Crippen LogP contribution in [0.2, 0.25) is 0 Å². The summed E-state index contributed by atoms with van der Waals surface area (Å²) in [6.07, 6.45) is 6.04. The Morgan fingerprint density at radius 3 is 1.33 bits per heavy atom. The summed E-state index contributed by atoms with van der Waals surface area (Å²) >= 11 is 0. The van der Waals surface area contributed by atoms with Crippen molar-refractivity contribution >= 4 is 63.4 Å². The number of rotatable bonds is 4. The molecule has 0 fully saturated rings. The molecular weight excluding hydrogens is 841 g/mol. The molecular formula is C55H64N6O6. The van der Waals surface area contributed by atoms with Gasteiger partial charge < -0.3 is 31.9 Å². The molecule has 4 aliphatic carbocycles. The molecule has 0 aromatic heterocycles. The van der Waals surface area contributed by atoms with E-state index < -0.39 is 0 Å². The SMILES string of the molecule is CC(=O)Nc1ccc(C)c2c1C(=O)CC2.CNc1ccc(C)c2c1C(=O)CC2.CNc1ccc(C)c2c1C(=O)NC2.Cc1ccc(N(C)C)c2c1CCC2=O.Cc1ccc(N)c2c1CCC2=O. The number of carbonyl (C=O) groups excluding carboxylic acids is 6. The lowest BCUT2D eigenvalue weighted by Crippen LogP contribution is -2.13. The van der Waals surface area contributed by atoms with E-state index in [2.05, 4.69) is 47.2 Å². The lowest BCUT2D eigenvalue weighted by molar-refractivity contribution is -0.114. The Kier molecular flexibility index (Phi) is 15.5. The number of hydrogen-bond donors (Lipinski definition) is 5. The second-order valence-corrected chi connectivity index (χ2v) is 17.9. The van der Waals surface area contributed by atoms with Crippen molar-refractivity contribution in [2.24, 2.45) is 0 Å². The lowest BCUT2D eigenvalue weighted by Gasteiger charge is -2.17. The van der Waals surface area contributed by atoms with Gasteiger partial charge in [0.25, 0.3) is 5.91 Å². The Hall–Kier alpha value is -7.08. The number of nitrogens with two attached hydrogens (primary N) is 1. The number of amides is 2. The van der Waals surface area contributed by atoms with Gasteiger partial charge in [-0.15, -0.1) is 0 Å². The number of anilines is 5. The molecule has 12 heteroatoms. The number of nitrogens with zero attached hydrogens (tertiary/aromatic N) is 1. The largest absolute Gasteiger partial charge is 0.398 e. The van der Waals surface area contributed by atoms with Gasteiger partial charge >= 0.3 is 0 Å². The van der Waals surface area contributed by atoms with Crippen LogP contribution in [-0.4, -0.2) is 63.1 Å². The standard InChI is InChI=1S/C12H13NO2.C12H15NO.C11H13NO.C10H12N2O.C10H11NO/c1-7-3-5-10(13-8(2)14)12-9(7)4-6-11(12)15;1-8-4-6-10(13(2)3)12-9(8)5-7-11(12)14;1-7-3-5-9(12-2)11-8(7)4-6-10(11)13;1-6-3-4-8(11-2)9-7(6)5-12-10(9)13;1-6-2-4-8(11)10-7(6)3-5-9(10)12/h3,5H,4,6H2,1-2H3,(H,13,14);4,6H,5,7H2,1-3H3;3,5,12H,4,6H2,1-2H3;3-4,11H,5H2,1-2H3,(H,12,13);2,4H,3,5,11H2,1H3. The van der Waals surface area contributed by atoms with Crippen LogP contribution < -0.4 is 31.9 Å². The van der Waals surface area contributed by atoms with Crippen molar-refractivity contribution in [1.82, 2.24) is 5.32 Å². The van der Waals surface area contributed by atoms with Crippen LogP contribution in [0.15, 0.2) is 60.7 Å². The lowest BCUT2D eigenvalue weighted by atomic mass is 10.0. The Morgan fingerprint density at radius 2 is 0.866 bits per heavy atom. The molecule has 10 rings (SSSR count). The first-order valence-corrected chi connectivity index (χ1v) is 23.0. The molecule has 0 bridgehead atoms. The first kappa shape index (κ1) is 49.4. The zero-order chi connectivity index (χ0) is 48.9. The molecule has 0 atom stereocenters. The highest BCUT2D eigenvalue weighted by Crippen LogP contribution is 2.35. The van der Waals surface area contributed by atoms with Gasteiger partial charge in [-0.1, -0.05) is 30.3 Å². The highest BCUT2D eigenvalue weighted by atomic mass is 16.2. The maximum Gasteiger partial charge on any atom is 0.254 e. The Labute approximate surface area is 394 Å².